The maximum Gasteiger partial charge on any atom is 0.234 e. The highest BCUT2D eigenvalue weighted by molar-refractivity contribution is 5.78. The van der Waals surface area contributed by atoms with E-state index in [0.29, 0.717) is 12.1 Å². The van der Waals surface area contributed by atoms with Gasteiger partial charge in [-0.2, -0.15) is 0 Å². The Hall–Kier alpha value is -1.42. The monoisotopic (exact) mass is 316 g/mol. The van der Waals surface area contributed by atoms with Crippen molar-refractivity contribution in [2.75, 3.05) is 6.54 Å². The molecule has 124 valence electrons. The number of halogens is 1. The first-order valence-corrected chi connectivity index (χ1v) is 8.87. The minimum absolute atomic E-state index is 0.0380. The van der Waals surface area contributed by atoms with Crippen molar-refractivity contribution in [3.05, 3.63) is 35.6 Å². The Kier molecular flexibility index (Phi) is 3.88. The third-order valence-corrected chi connectivity index (χ3v) is 6.10. The Labute approximate surface area is 137 Å². The molecule has 0 spiro atoms. The minimum Gasteiger partial charge on any atom is -0.351 e. The van der Waals surface area contributed by atoms with Gasteiger partial charge in [-0.3, -0.25) is 4.79 Å². The van der Waals surface area contributed by atoms with Crippen LogP contribution in [0, 0.1) is 23.6 Å². The van der Waals surface area contributed by atoms with E-state index >= 15 is 0 Å². The van der Waals surface area contributed by atoms with Crippen LogP contribution in [0.1, 0.15) is 44.1 Å². The molecule has 23 heavy (non-hydrogen) atoms. The van der Waals surface area contributed by atoms with Crippen LogP contribution in [0.15, 0.2) is 24.3 Å². The average Bonchev–Trinajstić information content (AvgIpc) is 2.51. The van der Waals surface area contributed by atoms with Gasteiger partial charge < -0.3 is 10.6 Å². The van der Waals surface area contributed by atoms with E-state index in [4.69, 9.17) is 0 Å². The molecule has 4 aliphatic rings. The van der Waals surface area contributed by atoms with Crippen LogP contribution < -0.4 is 10.6 Å². The molecule has 1 aromatic carbocycles. The highest BCUT2D eigenvalue weighted by Crippen LogP contribution is 2.55. The Balaban J connectivity index is 1.29. The fourth-order valence-corrected chi connectivity index (χ4v) is 5.49. The van der Waals surface area contributed by atoms with E-state index < -0.39 is 0 Å². The molecule has 0 aliphatic heterocycles. The van der Waals surface area contributed by atoms with Gasteiger partial charge in [-0.05, 0) is 62.3 Å². The van der Waals surface area contributed by atoms with Gasteiger partial charge in [0.2, 0.25) is 5.91 Å². The van der Waals surface area contributed by atoms with Gasteiger partial charge in [0.05, 0.1) is 6.54 Å². The predicted octanol–water partition coefficient (Wildman–Crippen LogP) is 3.00. The third-order valence-electron chi connectivity index (χ3n) is 6.10. The van der Waals surface area contributed by atoms with Gasteiger partial charge in [0, 0.05) is 17.6 Å². The lowest BCUT2D eigenvalue weighted by molar-refractivity contribution is -0.121. The molecule has 1 amide bonds. The van der Waals surface area contributed by atoms with E-state index in [9.17, 15) is 9.18 Å². The van der Waals surface area contributed by atoms with Crippen molar-refractivity contribution >= 4 is 5.91 Å². The Bertz CT molecular complexity index is 566. The molecular weight excluding hydrogens is 291 g/mol. The van der Waals surface area contributed by atoms with Crippen LogP contribution in [-0.4, -0.2) is 18.0 Å². The summed E-state index contributed by atoms with van der Waals surface area (Å²) in [4.78, 5) is 12.1. The number of hydrogen-bond acceptors (Lipinski definition) is 2. The zero-order chi connectivity index (χ0) is 15.9. The van der Waals surface area contributed by atoms with Crippen LogP contribution in [0.4, 0.5) is 4.39 Å². The van der Waals surface area contributed by atoms with Gasteiger partial charge in [-0.1, -0.05) is 18.2 Å². The first-order chi connectivity index (χ1) is 11.1. The van der Waals surface area contributed by atoms with E-state index in [1.807, 2.05) is 0 Å². The van der Waals surface area contributed by atoms with Gasteiger partial charge in [-0.15, -0.1) is 0 Å². The van der Waals surface area contributed by atoms with Gasteiger partial charge in [0.15, 0.2) is 0 Å². The molecular formula is C19H25FN2O. The van der Waals surface area contributed by atoms with Crippen molar-refractivity contribution in [2.45, 2.75) is 50.6 Å². The lowest BCUT2D eigenvalue weighted by Gasteiger charge is -2.57. The highest BCUT2D eigenvalue weighted by Gasteiger charge is 2.50. The van der Waals surface area contributed by atoms with E-state index in [2.05, 4.69) is 10.6 Å². The molecule has 0 radical (unpaired) electrons. The molecule has 4 heteroatoms. The number of carbonyl (C=O) groups is 1. The summed E-state index contributed by atoms with van der Waals surface area (Å²) in [5.41, 5.74) is 0.736. The molecule has 1 aromatic rings. The molecule has 0 unspecified atom stereocenters. The van der Waals surface area contributed by atoms with Gasteiger partial charge in [0.25, 0.3) is 0 Å². The number of benzene rings is 1. The lowest BCUT2D eigenvalue weighted by atomic mass is 9.53. The number of carbonyl (C=O) groups excluding carboxylic acids is 1. The summed E-state index contributed by atoms with van der Waals surface area (Å²) in [5.74, 6) is 2.31. The number of nitrogens with one attached hydrogen (secondary N) is 2. The van der Waals surface area contributed by atoms with Gasteiger partial charge >= 0.3 is 0 Å². The summed E-state index contributed by atoms with van der Waals surface area (Å²) in [5, 5.41) is 6.40. The number of hydrogen-bond donors (Lipinski definition) is 2. The second kappa shape index (κ2) is 5.90. The Morgan fingerprint density at radius 1 is 1.09 bits per heavy atom. The van der Waals surface area contributed by atoms with E-state index in [-0.39, 0.29) is 23.8 Å². The van der Waals surface area contributed by atoms with Gasteiger partial charge in [-0.25, -0.2) is 4.39 Å². The fourth-order valence-electron chi connectivity index (χ4n) is 5.49. The SMILES string of the molecule is O=C(CNC12CC3CC(CC(C3)C1)C2)NCc1ccccc1F. The number of amides is 1. The predicted molar refractivity (Wildman–Crippen MR) is 87.2 cm³/mol. The first kappa shape index (κ1) is 15.1. The maximum atomic E-state index is 13.6. The second-order valence-electron chi connectivity index (χ2n) is 7.92. The quantitative estimate of drug-likeness (QED) is 0.877. The molecule has 5 rings (SSSR count). The van der Waals surface area contributed by atoms with Crippen molar-refractivity contribution in [3.63, 3.8) is 0 Å². The van der Waals surface area contributed by atoms with Crippen LogP contribution in [-0.2, 0) is 11.3 Å². The third kappa shape index (κ3) is 3.14. The fraction of sp³-hybridized carbons (Fsp3) is 0.632. The zero-order valence-corrected chi connectivity index (χ0v) is 13.5. The topological polar surface area (TPSA) is 41.1 Å². The van der Waals surface area contributed by atoms with Crippen LogP contribution in [0.25, 0.3) is 0 Å². The average molecular weight is 316 g/mol. The summed E-state index contributed by atoms with van der Waals surface area (Å²) in [6.07, 6.45) is 7.92. The first-order valence-electron chi connectivity index (χ1n) is 8.87. The highest BCUT2D eigenvalue weighted by atomic mass is 19.1. The molecule has 0 heterocycles. The van der Waals surface area contributed by atoms with Crippen LogP contribution in [0.5, 0.6) is 0 Å². The Morgan fingerprint density at radius 3 is 2.30 bits per heavy atom. The second-order valence-corrected chi connectivity index (χ2v) is 7.92. The van der Waals surface area contributed by atoms with Crippen LogP contribution >= 0.6 is 0 Å². The van der Waals surface area contributed by atoms with E-state index in [0.717, 1.165) is 17.8 Å². The molecule has 4 fully saturated rings. The molecule has 4 aliphatic carbocycles. The largest absolute Gasteiger partial charge is 0.351 e. The van der Waals surface area contributed by atoms with Crippen LogP contribution in [0.3, 0.4) is 0 Å². The van der Waals surface area contributed by atoms with Crippen molar-refractivity contribution in [2.24, 2.45) is 17.8 Å². The van der Waals surface area contributed by atoms with Crippen molar-refractivity contribution < 1.29 is 9.18 Å². The zero-order valence-electron chi connectivity index (χ0n) is 13.5. The summed E-state index contributed by atoms with van der Waals surface area (Å²) in [6, 6.07) is 6.59. The van der Waals surface area contributed by atoms with Gasteiger partial charge in [0.1, 0.15) is 5.82 Å². The maximum absolute atomic E-state index is 13.6. The van der Waals surface area contributed by atoms with E-state index in [1.165, 1.54) is 44.6 Å². The number of rotatable bonds is 5. The molecule has 4 bridgehead atoms. The summed E-state index contributed by atoms with van der Waals surface area (Å²) in [7, 11) is 0. The summed E-state index contributed by atoms with van der Waals surface area (Å²) < 4.78 is 13.6. The molecule has 2 N–H and O–H groups in total. The van der Waals surface area contributed by atoms with Crippen molar-refractivity contribution in [1.82, 2.24) is 10.6 Å². The molecule has 4 saturated carbocycles. The summed E-state index contributed by atoms with van der Waals surface area (Å²) in [6.45, 7) is 0.606. The molecule has 0 aromatic heterocycles. The van der Waals surface area contributed by atoms with E-state index in [1.54, 1.807) is 18.2 Å². The lowest BCUT2D eigenvalue weighted by Crippen LogP contribution is -2.59. The Morgan fingerprint density at radius 2 is 1.70 bits per heavy atom. The molecule has 0 saturated heterocycles. The standard InChI is InChI=1S/C19H25FN2O/c20-17-4-2-1-3-16(17)11-21-18(23)12-22-19-8-13-5-14(9-19)7-15(6-13)10-19/h1-4,13-15,22H,5-12H2,(H,21,23). The smallest absolute Gasteiger partial charge is 0.234 e. The van der Waals surface area contributed by atoms with Crippen LogP contribution in [0.2, 0.25) is 0 Å². The van der Waals surface area contributed by atoms with Crippen molar-refractivity contribution in [1.29, 1.82) is 0 Å². The summed E-state index contributed by atoms with van der Waals surface area (Å²) >= 11 is 0. The molecule has 3 nitrogen and oxygen atoms in total. The normalized spacial score (nSPS) is 34.6. The minimum atomic E-state index is -0.262. The molecule has 0 atom stereocenters. The van der Waals surface area contributed by atoms with Crippen molar-refractivity contribution in [3.8, 4) is 0 Å².